The van der Waals surface area contributed by atoms with Crippen LogP contribution in [0, 0.1) is 6.92 Å². The van der Waals surface area contributed by atoms with Crippen LogP contribution in [0.25, 0.3) is 0 Å². The lowest BCUT2D eigenvalue weighted by Crippen LogP contribution is -2.16. The van der Waals surface area contributed by atoms with Crippen molar-refractivity contribution in [1.82, 2.24) is 10.3 Å². The summed E-state index contributed by atoms with van der Waals surface area (Å²) in [7, 11) is 0. The minimum absolute atomic E-state index is 0.296. The molecule has 0 bridgehead atoms. The molecule has 2 aromatic rings. The van der Waals surface area contributed by atoms with Crippen molar-refractivity contribution in [3.63, 3.8) is 0 Å². The number of thiazole rings is 1. The second-order valence-electron chi connectivity index (χ2n) is 6.26. The molecule has 2 heterocycles. The molecule has 27 heavy (non-hydrogen) atoms. The summed E-state index contributed by atoms with van der Waals surface area (Å²) in [6.45, 7) is 4.14. The Morgan fingerprint density at radius 3 is 2.44 bits per heavy atom. The fraction of sp³-hybridized carbons (Fsp3) is 0.421. The quantitative estimate of drug-likeness (QED) is 0.699. The van der Waals surface area contributed by atoms with Crippen molar-refractivity contribution >= 4 is 34.9 Å². The number of hydrogen-bond acceptors (Lipinski definition) is 5. The maximum Gasteiger partial charge on any atom is 0.303 e. The molecule has 1 aliphatic heterocycles. The van der Waals surface area contributed by atoms with Gasteiger partial charge in [0, 0.05) is 22.5 Å². The first kappa shape index (κ1) is 21.3. The highest BCUT2D eigenvalue weighted by molar-refractivity contribution is 7.09. The number of aryl methyl sites for hydroxylation is 1. The average molecular weight is 411 g/mol. The van der Waals surface area contributed by atoms with Gasteiger partial charge < -0.3 is 15.5 Å². The molecule has 1 aliphatic rings. The molecule has 3 rings (SSSR count). The van der Waals surface area contributed by atoms with Crippen LogP contribution in [0.1, 0.15) is 40.2 Å². The maximum absolute atomic E-state index is 9.64. The maximum atomic E-state index is 9.64. The van der Waals surface area contributed by atoms with Gasteiger partial charge in [-0.25, -0.2) is 4.98 Å². The van der Waals surface area contributed by atoms with Crippen molar-refractivity contribution in [2.24, 2.45) is 0 Å². The van der Waals surface area contributed by atoms with Crippen molar-refractivity contribution in [1.29, 1.82) is 0 Å². The van der Waals surface area contributed by atoms with Crippen LogP contribution in [0.2, 0.25) is 5.02 Å². The van der Waals surface area contributed by atoms with Gasteiger partial charge in [-0.2, -0.15) is 0 Å². The van der Waals surface area contributed by atoms with Gasteiger partial charge >= 0.3 is 11.9 Å². The highest BCUT2D eigenvalue weighted by atomic mass is 35.5. The van der Waals surface area contributed by atoms with Crippen LogP contribution in [0.4, 0.5) is 0 Å². The Hall–Kier alpha value is -1.96. The van der Waals surface area contributed by atoms with Gasteiger partial charge in [-0.3, -0.25) is 9.59 Å². The summed E-state index contributed by atoms with van der Waals surface area (Å²) < 4.78 is 0. The number of hydrogen-bond donors (Lipinski definition) is 3. The van der Waals surface area contributed by atoms with Crippen molar-refractivity contribution in [3.05, 3.63) is 49.9 Å². The van der Waals surface area contributed by atoms with Crippen LogP contribution in [0.5, 0.6) is 0 Å². The number of benzene rings is 1. The van der Waals surface area contributed by atoms with E-state index in [1.807, 2.05) is 13.0 Å². The van der Waals surface area contributed by atoms with Crippen molar-refractivity contribution < 1.29 is 19.8 Å². The molecule has 0 radical (unpaired) electrons. The van der Waals surface area contributed by atoms with Gasteiger partial charge in [0.15, 0.2) is 0 Å². The molecule has 0 amide bonds. The van der Waals surface area contributed by atoms with Gasteiger partial charge in [-0.05, 0) is 55.6 Å². The zero-order valence-electron chi connectivity index (χ0n) is 15.1. The number of aliphatic carboxylic acids is 2. The normalized spacial score (nSPS) is 13.1. The molecular weight excluding hydrogens is 388 g/mol. The van der Waals surface area contributed by atoms with Gasteiger partial charge in [0.05, 0.1) is 17.8 Å². The smallest absolute Gasteiger partial charge is 0.303 e. The molecule has 0 atom stereocenters. The molecule has 0 spiro atoms. The number of halogens is 1. The number of carboxylic acids is 2. The summed E-state index contributed by atoms with van der Waals surface area (Å²) in [5, 5.41) is 23.4. The van der Waals surface area contributed by atoms with Gasteiger partial charge in [0.2, 0.25) is 0 Å². The highest BCUT2D eigenvalue weighted by Gasteiger charge is 2.16. The number of nitrogens with zero attached hydrogens (tertiary/aromatic N) is 1. The van der Waals surface area contributed by atoms with Crippen molar-refractivity contribution in [2.75, 3.05) is 13.1 Å². The summed E-state index contributed by atoms with van der Waals surface area (Å²) in [6.07, 6.45) is 2.43. The first-order valence-electron chi connectivity index (χ1n) is 8.71. The van der Waals surface area contributed by atoms with E-state index in [4.69, 9.17) is 21.8 Å². The van der Waals surface area contributed by atoms with E-state index < -0.39 is 11.9 Å². The van der Waals surface area contributed by atoms with Gasteiger partial charge in [-0.15, -0.1) is 11.3 Å². The predicted octanol–water partition coefficient (Wildman–Crippen LogP) is 3.32. The topological polar surface area (TPSA) is 99.5 Å². The number of carboxylic acid groups (broad SMARTS) is 2. The fourth-order valence-corrected chi connectivity index (χ4v) is 3.89. The fourth-order valence-electron chi connectivity index (χ4n) is 2.86. The van der Waals surface area contributed by atoms with Crippen LogP contribution >= 0.6 is 22.9 Å². The molecule has 1 aromatic carbocycles. The Morgan fingerprint density at radius 2 is 1.85 bits per heavy atom. The van der Waals surface area contributed by atoms with Crippen LogP contribution in [-0.2, 0) is 28.9 Å². The first-order chi connectivity index (χ1) is 12.9. The molecule has 0 unspecified atom stereocenters. The number of rotatable bonds is 5. The third-order valence-corrected chi connectivity index (χ3v) is 5.46. The Labute approximate surface area is 167 Å². The first-order valence-corrected chi connectivity index (χ1v) is 9.97. The second kappa shape index (κ2) is 10.4. The molecule has 0 saturated heterocycles. The van der Waals surface area contributed by atoms with E-state index in [0.29, 0.717) is 0 Å². The summed E-state index contributed by atoms with van der Waals surface area (Å²) in [4.78, 5) is 23.8. The Balaban J connectivity index is 0.000000279. The predicted molar refractivity (Wildman–Crippen MR) is 106 cm³/mol. The van der Waals surface area contributed by atoms with Gasteiger partial charge in [0.1, 0.15) is 0 Å². The molecule has 8 heteroatoms. The molecule has 0 aliphatic carbocycles. The van der Waals surface area contributed by atoms with Crippen molar-refractivity contribution in [2.45, 2.75) is 39.0 Å². The summed E-state index contributed by atoms with van der Waals surface area (Å²) >= 11 is 8.15. The van der Waals surface area contributed by atoms with Crippen molar-refractivity contribution in [3.8, 4) is 0 Å². The van der Waals surface area contributed by atoms with E-state index >= 15 is 0 Å². The molecule has 146 valence electrons. The van der Waals surface area contributed by atoms with Gasteiger partial charge in [-0.1, -0.05) is 17.7 Å². The van der Waals surface area contributed by atoms with E-state index in [-0.39, 0.29) is 12.8 Å². The van der Waals surface area contributed by atoms with Crippen LogP contribution in [-0.4, -0.2) is 40.2 Å². The molecule has 1 aromatic heterocycles. The SMILES string of the molecule is Cc1csc(Cc2c(Cl)ccc3c2CCNCC3)n1.O=C(O)CCC(=O)O. The zero-order valence-corrected chi connectivity index (χ0v) is 16.7. The highest BCUT2D eigenvalue weighted by Crippen LogP contribution is 2.28. The third kappa shape index (κ3) is 6.93. The second-order valence-corrected chi connectivity index (χ2v) is 7.61. The van der Waals surface area contributed by atoms with Crippen LogP contribution in [0.3, 0.4) is 0 Å². The molecular formula is C19H23ClN2O4S. The zero-order chi connectivity index (χ0) is 19.8. The Kier molecular flexibility index (Phi) is 8.22. The monoisotopic (exact) mass is 410 g/mol. The molecule has 0 fully saturated rings. The standard InChI is InChI=1S/C15H17ClN2S.C4H6O4/c1-10-9-19-15(18-10)8-13-12-5-7-17-6-4-11(12)2-3-14(13)16;5-3(6)1-2-4(7)8/h2-3,9,17H,4-8H2,1H3;1-2H2,(H,5,6)(H,7,8). The number of fused-ring (bicyclic) bond motifs is 1. The lowest BCUT2D eigenvalue weighted by Gasteiger charge is -2.13. The van der Waals surface area contributed by atoms with Crippen LogP contribution < -0.4 is 5.32 Å². The molecule has 6 nitrogen and oxygen atoms in total. The molecule has 0 saturated carbocycles. The van der Waals surface area contributed by atoms with E-state index in [2.05, 4.69) is 21.7 Å². The van der Waals surface area contributed by atoms with Crippen LogP contribution in [0.15, 0.2) is 17.5 Å². The summed E-state index contributed by atoms with van der Waals surface area (Å²) in [5.41, 5.74) is 5.25. The largest absolute Gasteiger partial charge is 0.481 e. The number of aromatic nitrogens is 1. The Bertz CT molecular complexity index is 793. The number of nitrogens with one attached hydrogen (secondary N) is 1. The van der Waals surface area contributed by atoms with E-state index in [1.165, 1.54) is 16.7 Å². The van der Waals surface area contributed by atoms with E-state index in [1.54, 1.807) is 11.3 Å². The minimum atomic E-state index is -1.08. The van der Waals surface area contributed by atoms with E-state index in [0.717, 1.165) is 48.1 Å². The summed E-state index contributed by atoms with van der Waals surface area (Å²) in [5.74, 6) is -2.15. The van der Waals surface area contributed by atoms with Gasteiger partial charge in [0.25, 0.3) is 0 Å². The Morgan fingerprint density at radius 1 is 1.19 bits per heavy atom. The number of carbonyl (C=O) groups is 2. The minimum Gasteiger partial charge on any atom is -0.481 e. The third-order valence-electron chi connectivity index (χ3n) is 4.14. The lowest BCUT2D eigenvalue weighted by atomic mass is 9.95. The molecule has 3 N–H and O–H groups in total. The average Bonchev–Trinajstić information content (AvgIpc) is 2.88. The summed E-state index contributed by atoms with van der Waals surface area (Å²) in [6, 6.07) is 4.22. The van der Waals surface area contributed by atoms with E-state index in [9.17, 15) is 9.59 Å². The lowest BCUT2D eigenvalue weighted by molar-refractivity contribution is -0.143.